The molecule has 4 rings (SSSR count). The lowest BCUT2D eigenvalue weighted by Crippen LogP contribution is -2.29. The van der Waals surface area contributed by atoms with Crippen LogP contribution < -0.4 is 10.1 Å². The van der Waals surface area contributed by atoms with Crippen LogP contribution in [0.5, 0.6) is 5.75 Å². The van der Waals surface area contributed by atoms with Crippen LogP contribution in [0.4, 0.5) is 14.6 Å². The first kappa shape index (κ1) is 17.2. The molecule has 1 N–H and O–H groups in total. The molecule has 138 valence electrons. The van der Waals surface area contributed by atoms with Gasteiger partial charge in [-0.2, -0.15) is 5.10 Å². The molecule has 2 aromatic carbocycles. The SMILES string of the molecule is COc1ccc(-n2ccc(NC(=O)C3(c4ccccc4F)CC3)n2)cc1F. The monoisotopic (exact) mass is 369 g/mol. The highest BCUT2D eigenvalue weighted by molar-refractivity contribution is 6.00. The third-order valence-corrected chi connectivity index (χ3v) is 4.80. The summed E-state index contributed by atoms with van der Waals surface area (Å²) in [5.74, 6) is -0.727. The number of nitrogens with one attached hydrogen (secondary N) is 1. The Morgan fingerprint density at radius 3 is 2.59 bits per heavy atom. The zero-order valence-corrected chi connectivity index (χ0v) is 14.6. The molecule has 27 heavy (non-hydrogen) atoms. The number of hydrogen-bond acceptors (Lipinski definition) is 3. The van der Waals surface area contributed by atoms with Crippen molar-refractivity contribution in [2.75, 3.05) is 12.4 Å². The molecular formula is C20H17F2N3O2. The summed E-state index contributed by atoms with van der Waals surface area (Å²) >= 11 is 0. The number of methoxy groups -OCH3 is 1. The van der Waals surface area contributed by atoms with E-state index in [0.717, 1.165) is 0 Å². The second-order valence-corrected chi connectivity index (χ2v) is 6.48. The van der Waals surface area contributed by atoms with Crippen LogP contribution in [0.2, 0.25) is 0 Å². The van der Waals surface area contributed by atoms with Gasteiger partial charge in [-0.05, 0) is 31.0 Å². The van der Waals surface area contributed by atoms with Crippen molar-refractivity contribution < 1.29 is 18.3 Å². The number of amides is 1. The molecule has 0 spiro atoms. The summed E-state index contributed by atoms with van der Waals surface area (Å²) in [6, 6.07) is 12.4. The van der Waals surface area contributed by atoms with Gasteiger partial charge in [0.05, 0.1) is 18.2 Å². The van der Waals surface area contributed by atoms with Gasteiger partial charge in [0, 0.05) is 23.9 Å². The van der Waals surface area contributed by atoms with E-state index in [-0.39, 0.29) is 17.5 Å². The molecule has 0 radical (unpaired) electrons. The Kier molecular flexibility index (Phi) is 4.14. The van der Waals surface area contributed by atoms with Crippen molar-refractivity contribution in [3.63, 3.8) is 0 Å². The topological polar surface area (TPSA) is 56.1 Å². The van der Waals surface area contributed by atoms with Crippen LogP contribution in [0.15, 0.2) is 54.7 Å². The molecule has 1 heterocycles. The highest BCUT2D eigenvalue weighted by atomic mass is 19.1. The summed E-state index contributed by atoms with van der Waals surface area (Å²) in [6.45, 7) is 0. The minimum atomic E-state index is -0.846. The molecule has 1 fully saturated rings. The largest absolute Gasteiger partial charge is 0.494 e. The van der Waals surface area contributed by atoms with Gasteiger partial charge >= 0.3 is 0 Å². The molecule has 7 heteroatoms. The van der Waals surface area contributed by atoms with Gasteiger partial charge in [-0.3, -0.25) is 4.79 Å². The Morgan fingerprint density at radius 1 is 1.15 bits per heavy atom. The fraction of sp³-hybridized carbons (Fsp3) is 0.200. The van der Waals surface area contributed by atoms with E-state index in [9.17, 15) is 13.6 Å². The smallest absolute Gasteiger partial charge is 0.236 e. The van der Waals surface area contributed by atoms with Crippen LogP contribution in [0.3, 0.4) is 0 Å². The lowest BCUT2D eigenvalue weighted by Gasteiger charge is -2.15. The van der Waals surface area contributed by atoms with Crippen LogP contribution in [0, 0.1) is 11.6 Å². The average Bonchev–Trinajstić information content (AvgIpc) is 3.35. The molecule has 0 unspecified atom stereocenters. The Balaban J connectivity index is 1.54. The second-order valence-electron chi connectivity index (χ2n) is 6.48. The molecule has 1 amide bonds. The van der Waals surface area contributed by atoms with Crippen molar-refractivity contribution >= 4 is 11.7 Å². The van der Waals surface area contributed by atoms with Crippen LogP contribution in [-0.4, -0.2) is 22.8 Å². The number of hydrogen-bond donors (Lipinski definition) is 1. The van der Waals surface area contributed by atoms with Gasteiger partial charge in [0.2, 0.25) is 5.91 Å². The van der Waals surface area contributed by atoms with Crippen LogP contribution in [0.25, 0.3) is 5.69 Å². The summed E-state index contributed by atoms with van der Waals surface area (Å²) in [7, 11) is 1.39. The first-order valence-electron chi connectivity index (χ1n) is 8.49. The Bertz CT molecular complexity index is 1010. The molecule has 0 bridgehead atoms. The summed E-state index contributed by atoms with van der Waals surface area (Å²) in [6.07, 6.45) is 2.79. The number of rotatable bonds is 5. The van der Waals surface area contributed by atoms with E-state index in [0.29, 0.717) is 29.9 Å². The number of carbonyl (C=O) groups excluding carboxylic acids is 1. The summed E-state index contributed by atoms with van der Waals surface area (Å²) in [4.78, 5) is 12.7. The third-order valence-electron chi connectivity index (χ3n) is 4.80. The first-order chi connectivity index (χ1) is 13.0. The Morgan fingerprint density at radius 2 is 1.93 bits per heavy atom. The minimum Gasteiger partial charge on any atom is -0.494 e. The highest BCUT2D eigenvalue weighted by Crippen LogP contribution is 2.49. The summed E-state index contributed by atoms with van der Waals surface area (Å²) in [5, 5.41) is 7.00. The van der Waals surface area contributed by atoms with E-state index in [2.05, 4.69) is 10.4 Å². The average molecular weight is 369 g/mol. The lowest BCUT2D eigenvalue weighted by molar-refractivity contribution is -0.118. The quantitative estimate of drug-likeness (QED) is 0.744. The second kappa shape index (κ2) is 6.50. The molecule has 0 saturated heterocycles. The number of ether oxygens (including phenoxy) is 1. The number of aromatic nitrogens is 2. The number of nitrogens with zero attached hydrogens (tertiary/aromatic N) is 2. The molecule has 1 aromatic heterocycles. The van der Waals surface area contributed by atoms with Gasteiger partial charge in [-0.25, -0.2) is 13.5 Å². The summed E-state index contributed by atoms with van der Waals surface area (Å²) in [5.41, 5.74) is 0.0460. The van der Waals surface area contributed by atoms with Gasteiger partial charge < -0.3 is 10.1 Å². The zero-order valence-electron chi connectivity index (χ0n) is 14.6. The van der Waals surface area contributed by atoms with Crippen molar-refractivity contribution in [2.24, 2.45) is 0 Å². The fourth-order valence-corrected chi connectivity index (χ4v) is 3.16. The number of benzene rings is 2. The normalized spacial score (nSPS) is 14.6. The lowest BCUT2D eigenvalue weighted by atomic mass is 9.94. The number of anilines is 1. The summed E-state index contributed by atoms with van der Waals surface area (Å²) < 4.78 is 34.3. The molecule has 3 aromatic rings. The van der Waals surface area contributed by atoms with E-state index in [1.807, 2.05) is 0 Å². The van der Waals surface area contributed by atoms with Gasteiger partial charge in [0.15, 0.2) is 17.4 Å². The molecule has 1 saturated carbocycles. The number of halogens is 2. The predicted molar refractivity (Wildman–Crippen MR) is 96.0 cm³/mol. The molecule has 1 aliphatic rings. The third kappa shape index (κ3) is 3.05. The van der Waals surface area contributed by atoms with E-state index < -0.39 is 11.2 Å². The molecular weight excluding hydrogens is 352 g/mol. The van der Waals surface area contributed by atoms with Crippen molar-refractivity contribution in [1.29, 1.82) is 0 Å². The van der Waals surface area contributed by atoms with Gasteiger partial charge in [0.25, 0.3) is 0 Å². The Hall–Kier alpha value is -3.22. The van der Waals surface area contributed by atoms with Gasteiger partial charge in [0.1, 0.15) is 5.82 Å². The van der Waals surface area contributed by atoms with E-state index >= 15 is 0 Å². The van der Waals surface area contributed by atoms with Crippen molar-refractivity contribution in [3.8, 4) is 11.4 Å². The van der Waals surface area contributed by atoms with E-state index in [1.165, 1.54) is 30.0 Å². The highest BCUT2D eigenvalue weighted by Gasteiger charge is 2.52. The molecule has 5 nitrogen and oxygen atoms in total. The maximum absolute atomic E-state index is 14.1. The van der Waals surface area contributed by atoms with Gasteiger partial charge in [-0.1, -0.05) is 18.2 Å². The first-order valence-corrected chi connectivity index (χ1v) is 8.49. The van der Waals surface area contributed by atoms with Crippen molar-refractivity contribution in [1.82, 2.24) is 9.78 Å². The predicted octanol–water partition coefficient (Wildman–Crippen LogP) is 3.83. The van der Waals surface area contributed by atoms with Crippen LogP contribution in [0.1, 0.15) is 18.4 Å². The maximum Gasteiger partial charge on any atom is 0.236 e. The van der Waals surface area contributed by atoms with Crippen molar-refractivity contribution in [2.45, 2.75) is 18.3 Å². The maximum atomic E-state index is 14.1. The van der Waals surface area contributed by atoms with Crippen LogP contribution >= 0.6 is 0 Å². The molecule has 1 aliphatic carbocycles. The molecule has 0 atom stereocenters. The zero-order chi connectivity index (χ0) is 19.0. The van der Waals surface area contributed by atoms with E-state index in [4.69, 9.17) is 4.74 Å². The number of carbonyl (C=O) groups is 1. The van der Waals surface area contributed by atoms with Gasteiger partial charge in [-0.15, -0.1) is 0 Å². The minimum absolute atomic E-state index is 0.139. The molecule has 0 aliphatic heterocycles. The van der Waals surface area contributed by atoms with Crippen LogP contribution in [-0.2, 0) is 10.2 Å². The fourth-order valence-electron chi connectivity index (χ4n) is 3.16. The standard InChI is InChI=1S/C20H17F2N3O2/c1-27-17-7-6-13(12-16(17)22)25-11-8-18(24-25)23-19(26)20(9-10-20)14-4-2-3-5-15(14)21/h2-8,11-12H,9-10H2,1H3,(H,23,24,26). The van der Waals surface area contributed by atoms with E-state index in [1.54, 1.807) is 36.5 Å². The van der Waals surface area contributed by atoms with Crippen molar-refractivity contribution in [3.05, 3.63) is 71.9 Å². The Labute approximate surface area is 154 Å².